The van der Waals surface area contributed by atoms with Gasteiger partial charge in [0.25, 0.3) is 0 Å². The minimum atomic E-state index is -0.418. The molecule has 23 heavy (non-hydrogen) atoms. The van der Waals surface area contributed by atoms with E-state index in [1.165, 1.54) is 17.8 Å². The van der Waals surface area contributed by atoms with E-state index in [9.17, 15) is 10.1 Å². The topological polar surface area (TPSA) is 98.8 Å². The molecule has 9 heteroatoms. The highest BCUT2D eigenvalue weighted by Gasteiger charge is 2.24. The Labute approximate surface area is 137 Å². The van der Waals surface area contributed by atoms with Crippen LogP contribution in [0.2, 0.25) is 0 Å². The number of nitrogens with zero attached hydrogens (tertiary/aromatic N) is 5. The summed E-state index contributed by atoms with van der Waals surface area (Å²) in [5.74, 6) is 1.31. The molecule has 0 aromatic carbocycles. The van der Waals surface area contributed by atoms with Crippen molar-refractivity contribution in [2.24, 2.45) is 7.05 Å². The van der Waals surface area contributed by atoms with Gasteiger partial charge in [0.2, 0.25) is 0 Å². The number of rotatable bonds is 4. The summed E-state index contributed by atoms with van der Waals surface area (Å²) < 4.78 is 1.92. The van der Waals surface area contributed by atoms with Crippen molar-refractivity contribution in [3.05, 3.63) is 33.8 Å². The van der Waals surface area contributed by atoms with Gasteiger partial charge < -0.3 is 9.88 Å². The average Bonchev–Trinajstić information content (AvgIpc) is 2.89. The number of nitro groups is 1. The molecule has 0 unspecified atom stereocenters. The molecule has 0 spiro atoms. The van der Waals surface area contributed by atoms with Gasteiger partial charge in [0.15, 0.2) is 10.2 Å². The normalized spacial score (nSPS) is 15.7. The molecule has 2 aromatic heterocycles. The van der Waals surface area contributed by atoms with Crippen LogP contribution in [0.15, 0.2) is 22.3 Å². The molecule has 1 N–H and O–H groups in total. The Morgan fingerprint density at radius 2 is 2.09 bits per heavy atom. The van der Waals surface area contributed by atoms with E-state index in [0.29, 0.717) is 16.1 Å². The van der Waals surface area contributed by atoms with Crippen LogP contribution in [0.4, 0.5) is 5.69 Å². The summed E-state index contributed by atoms with van der Waals surface area (Å²) in [7, 11) is 1.90. The lowest BCUT2D eigenvalue weighted by molar-refractivity contribution is -0.388. The van der Waals surface area contributed by atoms with Gasteiger partial charge in [-0.25, -0.2) is 4.98 Å². The van der Waals surface area contributed by atoms with Gasteiger partial charge in [-0.3, -0.25) is 10.1 Å². The summed E-state index contributed by atoms with van der Waals surface area (Å²) >= 11 is 1.19. The summed E-state index contributed by atoms with van der Waals surface area (Å²) in [6, 6.07) is 3.12. The van der Waals surface area contributed by atoms with Crippen LogP contribution in [0.3, 0.4) is 0 Å². The first-order valence-electron chi connectivity index (χ1n) is 7.46. The molecule has 122 valence electrons. The molecular formula is C14H18N6O2S. The van der Waals surface area contributed by atoms with E-state index in [1.807, 2.05) is 18.5 Å². The molecule has 0 amide bonds. The van der Waals surface area contributed by atoms with Crippen molar-refractivity contribution < 1.29 is 4.92 Å². The van der Waals surface area contributed by atoms with Crippen molar-refractivity contribution in [1.29, 1.82) is 0 Å². The van der Waals surface area contributed by atoms with Crippen LogP contribution >= 0.6 is 11.8 Å². The van der Waals surface area contributed by atoms with Crippen LogP contribution in [-0.2, 0) is 7.05 Å². The fourth-order valence-corrected chi connectivity index (χ4v) is 3.60. The van der Waals surface area contributed by atoms with Crippen LogP contribution in [0.5, 0.6) is 0 Å². The SMILES string of the molecule is Cc1ccc([N+](=O)[O-])c(Sc2nnc(C3CCNCC3)n2C)n1. The zero-order chi connectivity index (χ0) is 16.4. The molecule has 0 aliphatic carbocycles. The van der Waals surface area contributed by atoms with E-state index in [0.717, 1.165) is 37.4 Å². The number of aryl methyl sites for hydroxylation is 1. The Kier molecular flexibility index (Phi) is 4.58. The second-order valence-corrected chi connectivity index (χ2v) is 6.52. The van der Waals surface area contributed by atoms with E-state index in [1.54, 1.807) is 6.07 Å². The van der Waals surface area contributed by atoms with Crippen molar-refractivity contribution in [2.45, 2.75) is 35.9 Å². The van der Waals surface area contributed by atoms with Crippen LogP contribution < -0.4 is 5.32 Å². The molecule has 0 atom stereocenters. The number of hydrogen-bond donors (Lipinski definition) is 1. The summed E-state index contributed by atoms with van der Waals surface area (Å²) in [5.41, 5.74) is 0.728. The van der Waals surface area contributed by atoms with Crippen molar-refractivity contribution in [3.8, 4) is 0 Å². The lowest BCUT2D eigenvalue weighted by Crippen LogP contribution is -2.27. The quantitative estimate of drug-likeness (QED) is 0.674. The van der Waals surface area contributed by atoms with Crippen LogP contribution in [0.25, 0.3) is 0 Å². The number of hydrogen-bond acceptors (Lipinski definition) is 7. The predicted molar refractivity (Wildman–Crippen MR) is 85.6 cm³/mol. The molecule has 0 bridgehead atoms. The lowest BCUT2D eigenvalue weighted by atomic mass is 9.97. The van der Waals surface area contributed by atoms with Gasteiger partial charge >= 0.3 is 5.69 Å². The third-order valence-corrected chi connectivity index (χ3v) is 4.97. The van der Waals surface area contributed by atoms with E-state index in [-0.39, 0.29) is 5.69 Å². The predicted octanol–water partition coefficient (Wildman–Crippen LogP) is 2.04. The van der Waals surface area contributed by atoms with Crippen molar-refractivity contribution in [3.63, 3.8) is 0 Å². The fraction of sp³-hybridized carbons (Fsp3) is 0.500. The Morgan fingerprint density at radius 3 is 2.78 bits per heavy atom. The van der Waals surface area contributed by atoms with Crippen LogP contribution in [-0.4, -0.2) is 37.8 Å². The van der Waals surface area contributed by atoms with Crippen molar-refractivity contribution in [1.82, 2.24) is 25.1 Å². The van der Waals surface area contributed by atoms with Gasteiger partial charge in [-0.05, 0) is 50.7 Å². The Morgan fingerprint density at radius 1 is 1.35 bits per heavy atom. The smallest absolute Gasteiger partial charge is 0.301 e. The number of nitrogens with one attached hydrogen (secondary N) is 1. The van der Waals surface area contributed by atoms with E-state index >= 15 is 0 Å². The van der Waals surface area contributed by atoms with E-state index in [2.05, 4.69) is 20.5 Å². The second kappa shape index (κ2) is 6.63. The standard InChI is InChI=1S/C14H18N6O2S/c1-9-3-4-11(20(21)22)13(16-9)23-14-18-17-12(19(14)2)10-5-7-15-8-6-10/h3-4,10,15H,5-8H2,1-2H3. The Balaban J connectivity index is 1.88. The van der Waals surface area contributed by atoms with Gasteiger partial charge in [0, 0.05) is 24.7 Å². The van der Waals surface area contributed by atoms with Gasteiger partial charge in [-0.1, -0.05) is 0 Å². The molecule has 2 aromatic rings. The fourth-order valence-electron chi connectivity index (χ4n) is 2.68. The van der Waals surface area contributed by atoms with Gasteiger partial charge in [-0.2, -0.15) is 0 Å². The first-order chi connectivity index (χ1) is 11.1. The molecule has 3 rings (SSSR count). The monoisotopic (exact) mass is 334 g/mol. The van der Waals surface area contributed by atoms with Crippen LogP contribution in [0.1, 0.15) is 30.3 Å². The second-order valence-electron chi connectivity index (χ2n) is 5.56. The van der Waals surface area contributed by atoms with Crippen LogP contribution in [0, 0.1) is 17.0 Å². The summed E-state index contributed by atoms with van der Waals surface area (Å²) in [4.78, 5) is 15.0. The first kappa shape index (κ1) is 15.9. The zero-order valence-corrected chi connectivity index (χ0v) is 13.8. The third-order valence-electron chi connectivity index (χ3n) is 3.94. The number of piperidine rings is 1. The van der Waals surface area contributed by atoms with Gasteiger partial charge in [-0.15, -0.1) is 10.2 Å². The number of aromatic nitrogens is 4. The molecular weight excluding hydrogens is 316 g/mol. The van der Waals surface area contributed by atoms with Gasteiger partial charge in [0.1, 0.15) is 5.82 Å². The molecule has 1 aliphatic rings. The Hall–Kier alpha value is -2.00. The minimum absolute atomic E-state index is 0.00739. The van der Waals surface area contributed by atoms with E-state index in [4.69, 9.17) is 0 Å². The summed E-state index contributed by atoms with van der Waals surface area (Å²) in [6.45, 7) is 3.76. The maximum atomic E-state index is 11.2. The molecule has 0 saturated carbocycles. The van der Waals surface area contributed by atoms with Crippen molar-refractivity contribution >= 4 is 17.4 Å². The zero-order valence-electron chi connectivity index (χ0n) is 13.0. The molecule has 1 saturated heterocycles. The molecule has 1 fully saturated rings. The summed E-state index contributed by atoms with van der Waals surface area (Å²) in [6.07, 6.45) is 2.05. The van der Waals surface area contributed by atoms with Gasteiger partial charge in [0.05, 0.1) is 4.92 Å². The average molecular weight is 334 g/mol. The van der Waals surface area contributed by atoms with Crippen molar-refractivity contribution in [2.75, 3.05) is 13.1 Å². The molecule has 1 aliphatic heterocycles. The minimum Gasteiger partial charge on any atom is -0.317 e. The largest absolute Gasteiger partial charge is 0.317 e. The highest BCUT2D eigenvalue weighted by molar-refractivity contribution is 7.99. The highest BCUT2D eigenvalue weighted by atomic mass is 32.2. The maximum Gasteiger partial charge on any atom is 0.301 e. The third kappa shape index (κ3) is 3.35. The first-order valence-corrected chi connectivity index (χ1v) is 8.28. The number of pyridine rings is 1. The molecule has 3 heterocycles. The highest BCUT2D eigenvalue weighted by Crippen LogP contribution is 2.34. The van der Waals surface area contributed by atoms with E-state index < -0.39 is 4.92 Å². The summed E-state index contributed by atoms with van der Waals surface area (Å²) in [5, 5.41) is 24.0. The molecule has 0 radical (unpaired) electrons. The molecule has 8 nitrogen and oxygen atoms in total. The Bertz CT molecular complexity index is 726. The maximum absolute atomic E-state index is 11.2. The lowest BCUT2D eigenvalue weighted by Gasteiger charge is -2.21.